The lowest BCUT2D eigenvalue weighted by Gasteiger charge is -2.19. The van der Waals surface area contributed by atoms with E-state index in [1.807, 2.05) is 25.0 Å². The molecule has 0 aliphatic heterocycles. The third kappa shape index (κ3) is 3.14. The fourth-order valence-corrected chi connectivity index (χ4v) is 1.65. The summed E-state index contributed by atoms with van der Waals surface area (Å²) in [5, 5.41) is 7.65. The Morgan fingerprint density at radius 2 is 2.21 bits per heavy atom. The molecule has 0 fully saturated rings. The fourth-order valence-electron chi connectivity index (χ4n) is 1.65. The Labute approximate surface area is 86.5 Å². The summed E-state index contributed by atoms with van der Waals surface area (Å²) in [4.78, 5) is 0. The normalized spacial score (nSPS) is 13.5. The Hall–Kier alpha value is -0.830. The Balaban J connectivity index is 2.55. The van der Waals surface area contributed by atoms with Crippen LogP contribution in [0.1, 0.15) is 19.5 Å². The van der Waals surface area contributed by atoms with Crippen LogP contribution in [-0.4, -0.2) is 23.4 Å². The average Bonchev–Trinajstić information content (AvgIpc) is 2.50. The first-order valence-electron chi connectivity index (χ1n) is 5.26. The summed E-state index contributed by atoms with van der Waals surface area (Å²) < 4.78 is 1.87. The Morgan fingerprint density at radius 1 is 1.50 bits per heavy atom. The Bertz CT molecular complexity index is 265. The third-order valence-electron chi connectivity index (χ3n) is 2.65. The molecule has 0 bridgehead atoms. The van der Waals surface area contributed by atoms with E-state index in [0.29, 0.717) is 11.8 Å². The number of aryl methyl sites for hydroxylation is 1. The standard InChI is InChI=1S/C11H21N3/c1-9(2)10(8-12-3)7-11-5-6-14(4)13-11/h5-6,9-10,12H,7-8H2,1-4H3. The number of rotatable bonds is 5. The van der Waals surface area contributed by atoms with Crippen molar-refractivity contribution in [2.45, 2.75) is 20.3 Å². The van der Waals surface area contributed by atoms with E-state index in [0.717, 1.165) is 13.0 Å². The molecule has 0 amide bonds. The molecule has 80 valence electrons. The molecule has 0 spiro atoms. The molecule has 0 aliphatic carbocycles. The molecule has 1 atom stereocenters. The van der Waals surface area contributed by atoms with Crippen molar-refractivity contribution in [3.63, 3.8) is 0 Å². The van der Waals surface area contributed by atoms with E-state index in [2.05, 4.69) is 30.3 Å². The van der Waals surface area contributed by atoms with Crippen LogP contribution in [0.4, 0.5) is 0 Å². The molecule has 0 aromatic carbocycles. The average molecular weight is 195 g/mol. The van der Waals surface area contributed by atoms with Crippen molar-refractivity contribution in [3.05, 3.63) is 18.0 Å². The summed E-state index contributed by atoms with van der Waals surface area (Å²) in [6, 6.07) is 2.10. The Morgan fingerprint density at radius 3 is 2.64 bits per heavy atom. The number of nitrogens with zero attached hydrogens (tertiary/aromatic N) is 2. The molecule has 1 N–H and O–H groups in total. The molecule has 3 nitrogen and oxygen atoms in total. The van der Waals surface area contributed by atoms with Crippen LogP contribution in [0.2, 0.25) is 0 Å². The minimum absolute atomic E-state index is 0.676. The second-order valence-electron chi connectivity index (χ2n) is 4.25. The second kappa shape index (κ2) is 5.15. The van der Waals surface area contributed by atoms with Gasteiger partial charge in [-0.2, -0.15) is 5.10 Å². The van der Waals surface area contributed by atoms with Crippen molar-refractivity contribution in [2.24, 2.45) is 18.9 Å². The Kier molecular flexibility index (Phi) is 4.14. The molecular weight excluding hydrogens is 174 g/mol. The first-order valence-corrected chi connectivity index (χ1v) is 5.26. The van der Waals surface area contributed by atoms with Crippen LogP contribution < -0.4 is 5.32 Å². The molecule has 3 heteroatoms. The highest BCUT2D eigenvalue weighted by Crippen LogP contribution is 2.15. The molecule has 14 heavy (non-hydrogen) atoms. The topological polar surface area (TPSA) is 29.9 Å². The zero-order valence-electron chi connectivity index (χ0n) is 9.62. The van der Waals surface area contributed by atoms with E-state index in [1.165, 1.54) is 5.69 Å². The monoisotopic (exact) mass is 195 g/mol. The predicted octanol–water partition coefficient (Wildman–Crippen LogP) is 1.45. The summed E-state index contributed by atoms with van der Waals surface area (Å²) in [5.74, 6) is 1.37. The van der Waals surface area contributed by atoms with Gasteiger partial charge in [-0.05, 0) is 37.9 Å². The van der Waals surface area contributed by atoms with E-state index < -0.39 is 0 Å². The van der Waals surface area contributed by atoms with Crippen LogP contribution in [0.5, 0.6) is 0 Å². The molecule has 0 saturated carbocycles. The van der Waals surface area contributed by atoms with Gasteiger partial charge in [0.15, 0.2) is 0 Å². The van der Waals surface area contributed by atoms with E-state index in [9.17, 15) is 0 Å². The lowest BCUT2D eigenvalue weighted by Crippen LogP contribution is -2.25. The van der Waals surface area contributed by atoms with Gasteiger partial charge in [0.25, 0.3) is 0 Å². The predicted molar refractivity (Wildman–Crippen MR) is 59.2 cm³/mol. The van der Waals surface area contributed by atoms with E-state index in [-0.39, 0.29) is 0 Å². The quantitative estimate of drug-likeness (QED) is 0.770. The smallest absolute Gasteiger partial charge is 0.0627 e. The van der Waals surface area contributed by atoms with Gasteiger partial charge < -0.3 is 5.32 Å². The summed E-state index contributed by atoms with van der Waals surface area (Å²) in [7, 11) is 3.97. The van der Waals surface area contributed by atoms with Crippen LogP contribution in [0, 0.1) is 11.8 Å². The largest absolute Gasteiger partial charge is 0.319 e. The van der Waals surface area contributed by atoms with Crippen LogP contribution in [-0.2, 0) is 13.5 Å². The highest BCUT2D eigenvalue weighted by molar-refractivity contribution is 5.00. The second-order valence-corrected chi connectivity index (χ2v) is 4.25. The van der Waals surface area contributed by atoms with Gasteiger partial charge in [-0.15, -0.1) is 0 Å². The molecule has 0 radical (unpaired) electrons. The summed E-state index contributed by atoms with van der Waals surface area (Å²) >= 11 is 0. The van der Waals surface area contributed by atoms with Crippen molar-refractivity contribution in [3.8, 4) is 0 Å². The van der Waals surface area contributed by atoms with Gasteiger partial charge in [0, 0.05) is 13.2 Å². The van der Waals surface area contributed by atoms with Crippen molar-refractivity contribution in [2.75, 3.05) is 13.6 Å². The lowest BCUT2D eigenvalue weighted by molar-refractivity contribution is 0.366. The minimum Gasteiger partial charge on any atom is -0.319 e. The van der Waals surface area contributed by atoms with E-state index >= 15 is 0 Å². The van der Waals surface area contributed by atoms with Crippen molar-refractivity contribution < 1.29 is 0 Å². The first kappa shape index (κ1) is 11.2. The van der Waals surface area contributed by atoms with Gasteiger partial charge in [-0.3, -0.25) is 4.68 Å². The zero-order chi connectivity index (χ0) is 10.6. The van der Waals surface area contributed by atoms with Crippen LogP contribution in [0.25, 0.3) is 0 Å². The van der Waals surface area contributed by atoms with Gasteiger partial charge in [-0.25, -0.2) is 0 Å². The number of aromatic nitrogens is 2. The minimum atomic E-state index is 0.676. The number of nitrogens with one attached hydrogen (secondary N) is 1. The molecule has 1 heterocycles. The maximum atomic E-state index is 4.40. The van der Waals surface area contributed by atoms with Crippen molar-refractivity contribution in [1.82, 2.24) is 15.1 Å². The zero-order valence-corrected chi connectivity index (χ0v) is 9.62. The molecule has 1 rings (SSSR count). The highest BCUT2D eigenvalue weighted by atomic mass is 15.2. The third-order valence-corrected chi connectivity index (χ3v) is 2.65. The summed E-state index contributed by atoms with van der Waals surface area (Å²) in [5.41, 5.74) is 1.20. The maximum absolute atomic E-state index is 4.40. The molecule has 0 aliphatic rings. The number of hydrogen-bond donors (Lipinski definition) is 1. The molecule has 1 aromatic rings. The first-order chi connectivity index (χ1) is 6.63. The summed E-state index contributed by atoms with van der Waals surface area (Å²) in [6.45, 7) is 5.60. The number of hydrogen-bond acceptors (Lipinski definition) is 2. The maximum Gasteiger partial charge on any atom is 0.0627 e. The molecule has 0 saturated heterocycles. The highest BCUT2D eigenvalue weighted by Gasteiger charge is 2.14. The van der Waals surface area contributed by atoms with Gasteiger partial charge in [0.05, 0.1) is 5.69 Å². The van der Waals surface area contributed by atoms with Crippen LogP contribution in [0.3, 0.4) is 0 Å². The molecule has 1 unspecified atom stereocenters. The van der Waals surface area contributed by atoms with Crippen molar-refractivity contribution in [1.29, 1.82) is 0 Å². The van der Waals surface area contributed by atoms with Crippen LogP contribution in [0.15, 0.2) is 12.3 Å². The van der Waals surface area contributed by atoms with Gasteiger partial charge in [-0.1, -0.05) is 13.8 Å². The van der Waals surface area contributed by atoms with Gasteiger partial charge in [0.1, 0.15) is 0 Å². The van der Waals surface area contributed by atoms with Gasteiger partial charge >= 0.3 is 0 Å². The SMILES string of the molecule is CNCC(Cc1ccn(C)n1)C(C)C. The lowest BCUT2D eigenvalue weighted by atomic mass is 9.91. The van der Waals surface area contributed by atoms with Crippen molar-refractivity contribution >= 4 is 0 Å². The molecular formula is C11H21N3. The summed E-state index contributed by atoms with van der Waals surface area (Å²) in [6.07, 6.45) is 3.07. The van der Waals surface area contributed by atoms with E-state index in [1.54, 1.807) is 0 Å². The van der Waals surface area contributed by atoms with E-state index in [4.69, 9.17) is 0 Å². The fraction of sp³-hybridized carbons (Fsp3) is 0.727. The van der Waals surface area contributed by atoms with Gasteiger partial charge in [0.2, 0.25) is 0 Å². The molecule has 1 aromatic heterocycles. The van der Waals surface area contributed by atoms with Crippen LogP contribution >= 0.6 is 0 Å².